The summed E-state index contributed by atoms with van der Waals surface area (Å²) in [7, 11) is 0. The van der Waals surface area contributed by atoms with Crippen molar-refractivity contribution in [2.24, 2.45) is 0 Å². The Labute approximate surface area is 113 Å². The zero-order chi connectivity index (χ0) is 13.7. The van der Waals surface area contributed by atoms with Crippen molar-refractivity contribution < 1.29 is 9.72 Å². The number of non-ortho nitro benzene ring substituents is 1. The van der Waals surface area contributed by atoms with Gasteiger partial charge in [-0.05, 0) is 28.9 Å². The number of hydrogen-bond acceptors (Lipinski definition) is 3. The molecule has 0 aromatic heterocycles. The van der Waals surface area contributed by atoms with Crippen LogP contribution in [0.5, 0.6) is 0 Å². The summed E-state index contributed by atoms with van der Waals surface area (Å²) in [6, 6.07) is 4.05. The van der Waals surface area contributed by atoms with E-state index >= 15 is 0 Å². The lowest BCUT2D eigenvalue weighted by Crippen LogP contribution is -2.31. The molecule has 0 saturated heterocycles. The van der Waals surface area contributed by atoms with Crippen molar-refractivity contribution in [3.63, 3.8) is 0 Å². The molecule has 1 aromatic carbocycles. The van der Waals surface area contributed by atoms with E-state index in [-0.39, 0.29) is 23.7 Å². The lowest BCUT2D eigenvalue weighted by atomic mass is 10.1. The molecule has 0 bridgehead atoms. The Hall–Kier alpha value is -1.87. The minimum Gasteiger partial charge on any atom is -0.328 e. The van der Waals surface area contributed by atoms with Crippen LogP contribution >= 0.6 is 15.9 Å². The van der Waals surface area contributed by atoms with Gasteiger partial charge in [-0.25, -0.2) is 0 Å². The first-order valence-electron chi connectivity index (χ1n) is 5.18. The molecule has 0 spiro atoms. The first-order valence-corrected chi connectivity index (χ1v) is 5.97. The predicted molar refractivity (Wildman–Crippen MR) is 71.2 cm³/mol. The summed E-state index contributed by atoms with van der Waals surface area (Å²) in [5, 5.41) is 10.7. The summed E-state index contributed by atoms with van der Waals surface area (Å²) in [5.41, 5.74) is 0.111. The molecule has 5 nitrogen and oxygen atoms in total. The summed E-state index contributed by atoms with van der Waals surface area (Å²) >= 11 is 3.21. The largest absolute Gasteiger partial charge is 0.328 e. The van der Waals surface area contributed by atoms with E-state index < -0.39 is 4.92 Å². The van der Waals surface area contributed by atoms with E-state index in [2.05, 4.69) is 21.9 Å². The van der Waals surface area contributed by atoms with Crippen LogP contribution in [0.15, 0.2) is 22.7 Å². The van der Waals surface area contributed by atoms with Crippen molar-refractivity contribution in [2.45, 2.75) is 6.92 Å². The third-order valence-electron chi connectivity index (χ3n) is 2.34. The molecule has 0 atom stereocenters. The lowest BCUT2D eigenvalue weighted by molar-refractivity contribution is -0.384. The van der Waals surface area contributed by atoms with Gasteiger partial charge in [0.2, 0.25) is 0 Å². The summed E-state index contributed by atoms with van der Waals surface area (Å²) in [6.07, 6.45) is 5.17. The summed E-state index contributed by atoms with van der Waals surface area (Å²) in [5.74, 6) is 2.05. The summed E-state index contributed by atoms with van der Waals surface area (Å²) < 4.78 is 0.508. The van der Waals surface area contributed by atoms with Crippen LogP contribution in [-0.4, -0.2) is 28.8 Å². The number of halogens is 1. The number of nitro benzene ring substituents is 1. The topological polar surface area (TPSA) is 63.5 Å². The van der Waals surface area contributed by atoms with Crippen LogP contribution in [0.4, 0.5) is 5.69 Å². The molecule has 1 rings (SSSR count). The maximum atomic E-state index is 12.1. The predicted octanol–water partition coefficient (Wildman–Crippen LogP) is 2.45. The second kappa shape index (κ2) is 6.17. The zero-order valence-corrected chi connectivity index (χ0v) is 11.3. The SMILES string of the molecule is C#CCN(CC)C(=O)c1cc([N+](=O)[O-])ccc1Br. The van der Waals surface area contributed by atoms with Gasteiger partial charge in [0.1, 0.15) is 0 Å². The number of nitrogens with zero attached hydrogens (tertiary/aromatic N) is 2. The van der Waals surface area contributed by atoms with Gasteiger partial charge in [0.25, 0.3) is 11.6 Å². The molecule has 0 unspecified atom stereocenters. The Bertz CT molecular complexity index is 523. The van der Waals surface area contributed by atoms with Crippen LogP contribution in [0.1, 0.15) is 17.3 Å². The number of carbonyl (C=O) groups excluding carboxylic acids is 1. The highest BCUT2D eigenvalue weighted by molar-refractivity contribution is 9.10. The van der Waals surface area contributed by atoms with E-state index in [4.69, 9.17) is 6.42 Å². The highest BCUT2D eigenvalue weighted by Crippen LogP contribution is 2.23. The molecule has 0 aliphatic carbocycles. The summed E-state index contributed by atoms with van der Waals surface area (Å²) in [4.78, 5) is 23.7. The van der Waals surface area contributed by atoms with Crippen molar-refractivity contribution in [1.82, 2.24) is 4.90 Å². The fourth-order valence-corrected chi connectivity index (χ4v) is 1.81. The van der Waals surface area contributed by atoms with Gasteiger partial charge in [-0.15, -0.1) is 6.42 Å². The molecule has 18 heavy (non-hydrogen) atoms. The van der Waals surface area contributed by atoms with Crippen LogP contribution in [-0.2, 0) is 0 Å². The second-order valence-corrected chi connectivity index (χ2v) is 4.30. The lowest BCUT2D eigenvalue weighted by Gasteiger charge is -2.18. The monoisotopic (exact) mass is 310 g/mol. The van der Waals surface area contributed by atoms with Crippen LogP contribution in [0.2, 0.25) is 0 Å². The van der Waals surface area contributed by atoms with Crippen molar-refractivity contribution in [3.05, 3.63) is 38.3 Å². The van der Waals surface area contributed by atoms with Crippen LogP contribution in [0.3, 0.4) is 0 Å². The zero-order valence-electron chi connectivity index (χ0n) is 9.72. The Morgan fingerprint density at radius 1 is 1.61 bits per heavy atom. The van der Waals surface area contributed by atoms with E-state index in [9.17, 15) is 14.9 Å². The van der Waals surface area contributed by atoms with E-state index in [1.165, 1.54) is 23.1 Å². The molecule has 1 aromatic rings. The van der Waals surface area contributed by atoms with E-state index in [0.29, 0.717) is 11.0 Å². The van der Waals surface area contributed by atoms with Crippen molar-refractivity contribution in [3.8, 4) is 12.3 Å². The average Bonchev–Trinajstić information content (AvgIpc) is 2.35. The quantitative estimate of drug-likeness (QED) is 0.487. The Kier molecular flexibility index (Phi) is 4.86. The Morgan fingerprint density at radius 2 is 2.28 bits per heavy atom. The molecule has 94 valence electrons. The smallest absolute Gasteiger partial charge is 0.270 e. The Balaban J connectivity index is 3.15. The highest BCUT2D eigenvalue weighted by atomic mass is 79.9. The van der Waals surface area contributed by atoms with Crippen molar-refractivity contribution in [1.29, 1.82) is 0 Å². The normalized spacial score (nSPS) is 9.61. The van der Waals surface area contributed by atoms with Gasteiger partial charge < -0.3 is 4.90 Å². The highest BCUT2D eigenvalue weighted by Gasteiger charge is 2.19. The number of benzene rings is 1. The number of hydrogen-bond donors (Lipinski definition) is 0. The molecule has 0 radical (unpaired) electrons. The van der Waals surface area contributed by atoms with Gasteiger partial charge in [0.15, 0.2) is 0 Å². The average molecular weight is 311 g/mol. The van der Waals surface area contributed by atoms with Crippen molar-refractivity contribution in [2.75, 3.05) is 13.1 Å². The van der Waals surface area contributed by atoms with Gasteiger partial charge in [-0.1, -0.05) is 5.92 Å². The fourth-order valence-electron chi connectivity index (χ4n) is 1.40. The maximum Gasteiger partial charge on any atom is 0.270 e. The molecule has 0 heterocycles. The molecule has 1 amide bonds. The standard InChI is InChI=1S/C12H11BrN2O3/c1-3-7-14(4-2)12(16)10-8-9(15(17)18)5-6-11(10)13/h1,5-6,8H,4,7H2,2H3. The second-order valence-electron chi connectivity index (χ2n) is 3.44. The fraction of sp³-hybridized carbons (Fsp3) is 0.250. The molecule has 0 N–H and O–H groups in total. The van der Waals surface area contributed by atoms with Crippen molar-refractivity contribution >= 4 is 27.5 Å². The first-order chi connectivity index (χ1) is 8.51. The minimum absolute atomic E-state index is 0.127. The summed E-state index contributed by atoms with van der Waals surface area (Å²) in [6.45, 7) is 2.41. The van der Waals surface area contributed by atoms with Crippen LogP contribution in [0, 0.1) is 22.5 Å². The Morgan fingerprint density at radius 3 is 2.78 bits per heavy atom. The van der Waals surface area contributed by atoms with Gasteiger partial charge >= 0.3 is 0 Å². The third kappa shape index (κ3) is 3.08. The van der Waals surface area contributed by atoms with E-state index in [0.717, 1.165) is 0 Å². The first kappa shape index (κ1) is 14.2. The van der Waals surface area contributed by atoms with E-state index in [1.54, 1.807) is 6.92 Å². The molecular weight excluding hydrogens is 300 g/mol. The van der Waals surface area contributed by atoms with Gasteiger partial charge in [-0.3, -0.25) is 14.9 Å². The molecule has 0 aliphatic rings. The molecule has 0 saturated carbocycles. The van der Waals surface area contributed by atoms with Crippen LogP contribution in [0.25, 0.3) is 0 Å². The number of terminal acetylenes is 1. The maximum absolute atomic E-state index is 12.1. The third-order valence-corrected chi connectivity index (χ3v) is 3.03. The van der Waals surface area contributed by atoms with Gasteiger partial charge in [-0.2, -0.15) is 0 Å². The van der Waals surface area contributed by atoms with Gasteiger partial charge in [0, 0.05) is 23.2 Å². The number of nitro groups is 1. The van der Waals surface area contributed by atoms with Crippen LogP contribution < -0.4 is 0 Å². The molecular formula is C12H11BrN2O3. The molecule has 0 aliphatic heterocycles. The number of carbonyl (C=O) groups is 1. The van der Waals surface area contributed by atoms with E-state index in [1.807, 2.05) is 0 Å². The van der Waals surface area contributed by atoms with Gasteiger partial charge in [0.05, 0.1) is 17.0 Å². The number of rotatable bonds is 4. The molecule has 0 fully saturated rings. The number of amides is 1. The molecule has 6 heteroatoms. The minimum atomic E-state index is -0.541.